The molecule has 102 valence electrons. The van der Waals surface area contributed by atoms with Crippen LogP contribution in [0.25, 0.3) is 0 Å². The number of carboxylic acid groups (broad SMARTS) is 1. The van der Waals surface area contributed by atoms with Gasteiger partial charge in [0, 0.05) is 18.8 Å². The molecule has 0 aromatic carbocycles. The Labute approximate surface area is 104 Å². The zero-order valence-corrected chi connectivity index (χ0v) is 9.99. The van der Waals surface area contributed by atoms with Crippen LogP contribution in [0.4, 0.5) is 8.78 Å². The highest BCUT2D eigenvalue weighted by Gasteiger charge is 2.43. The summed E-state index contributed by atoms with van der Waals surface area (Å²) in [6.45, 7) is 0. The maximum Gasteiger partial charge on any atom is 0.326 e. The van der Waals surface area contributed by atoms with Gasteiger partial charge in [0.25, 0.3) is 0 Å². The molecule has 2 saturated carbocycles. The Morgan fingerprint density at radius 1 is 1.33 bits per heavy atom. The summed E-state index contributed by atoms with van der Waals surface area (Å²) in [5.41, 5.74) is 0. The molecule has 6 heteroatoms. The lowest BCUT2D eigenvalue weighted by Gasteiger charge is -2.17. The van der Waals surface area contributed by atoms with Crippen molar-refractivity contribution in [2.45, 2.75) is 50.5 Å². The molecule has 0 bridgehead atoms. The molecule has 2 aliphatic rings. The summed E-state index contributed by atoms with van der Waals surface area (Å²) in [5.74, 6) is -4.80. The number of hydrogen-bond acceptors (Lipinski definition) is 2. The van der Waals surface area contributed by atoms with Crippen LogP contribution in [0.2, 0.25) is 0 Å². The summed E-state index contributed by atoms with van der Waals surface area (Å²) in [7, 11) is 0. The van der Waals surface area contributed by atoms with E-state index in [-0.39, 0.29) is 12.8 Å². The number of carbonyl (C=O) groups is 2. The van der Waals surface area contributed by atoms with Crippen LogP contribution in [0, 0.1) is 11.8 Å². The first kappa shape index (κ1) is 13.2. The molecule has 2 aliphatic carbocycles. The lowest BCUT2D eigenvalue weighted by Crippen LogP contribution is -2.43. The fraction of sp³-hybridized carbons (Fsp3) is 0.833. The number of alkyl halides is 2. The van der Waals surface area contributed by atoms with Gasteiger partial charge < -0.3 is 10.4 Å². The molecule has 18 heavy (non-hydrogen) atoms. The fourth-order valence-electron chi connectivity index (χ4n) is 2.37. The molecule has 0 spiro atoms. The topological polar surface area (TPSA) is 66.4 Å². The normalized spacial score (nSPS) is 27.8. The predicted octanol–water partition coefficient (Wildman–Crippen LogP) is 1.79. The first-order valence-corrected chi connectivity index (χ1v) is 6.28. The lowest BCUT2D eigenvalue weighted by molar-refractivity contribution is -0.142. The second kappa shape index (κ2) is 4.82. The van der Waals surface area contributed by atoms with Gasteiger partial charge in [-0.15, -0.1) is 0 Å². The van der Waals surface area contributed by atoms with E-state index in [0.717, 1.165) is 12.8 Å². The van der Waals surface area contributed by atoms with Crippen LogP contribution in [0.15, 0.2) is 0 Å². The summed E-state index contributed by atoms with van der Waals surface area (Å²) < 4.78 is 25.9. The first-order valence-electron chi connectivity index (χ1n) is 6.28. The van der Waals surface area contributed by atoms with Gasteiger partial charge in [0.15, 0.2) is 0 Å². The summed E-state index contributed by atoms with van der Waals surface area (Å²) in [6.07, 6.45) is 1.77. The van der Waals surface area contributed by atoms with Crippen LogP contribution in [0.3, 0.4) is 0 Å². The molecule has 2 atom stereocenters. The van der Waals surface area contributed by atoms with Gasteiger partial charge in [-0.05, 0) is 18.8 Å². The molecule has 2 fully saturated rings. The smallest absolute Gasteiger partial charge is 0.326 e. The van der Waals surface area contributed by atoms with Crippen molar-refractivity contribution in [2.75, 3.05) is 0 Å². The Bertz CT molecular complexity index is 355. The molecule has 0 heterocycles. The minimum absolute atomic E-state index is 0.134. The molecule has 2 rings (SSSR count). The third kappa shape index (κ3) is 3.40. The maximum atomic E-state index is 13.0. The van der Waals surface area contributed by atoms with Crippen molar-refractivity contribution in [3.8, 4) is 0 Å². The van der Waals surface area contributed by atoms with E-state index in [4.69, 9.17) is 5.11 Å². The van der Waals surface area contributed by atoms with E-state index >= 15 is 0 Å². The van der Waals surface area contributed by atoms with Crippen molar-refractivity contribution in [1.29, 1.82) is 0 Å². The van der Waals surface area contributed by atoms with E-state index in [1.807, 2.05) is 0 Å². The summed E-state index contributed by atoms with van der Waals surface area (Å²) >= 11 is 0. The number of carboxylic acids is 1. The molecule has 0 saturated heterocycles. The van der Waals surface area contributed by atoms with Crippen molar-refractivity contribution >= 4 is 11.9 Å². The standard InChI is InChI=1S/C12H17F2NO3/c13-12(14)4-3-8(6-12)10(16)15-9(11(17)18)5-7-1-2-7/h7-9H,1-6H2,(H,15,16)(H,17,18). The van der Waals surface area contributed by atoms with E-state index < -0.39 is 36.2 Å². The van der Waals surface area contributed by atoms with Gasteiger partial charge in [-0.1, -0.05) is 12.8 Å². The van der Waals surface area contributed by atoms with Gasteiger partial charge in [0.1, 0.15) is 6.04 Å². The molecule has 0 radical (unpaired) electrons. The van der Waals surface area contributed by atoms with Gasteiger partial charge in [-0.3, -0.25) is 4.79 Å². The van der Waals surface area contributed by atoms with Crippen molar-refractivity contribution in [2.24, 2.45) is 11.8 Å². The molecule has 2 N–H and O–H groups in total. The van der Waals surface area contributed by atoms with Crippen molar-refractivity contribution in [3.63, 3.8) is 0 Å². The number of rotatable bonds is 5. The van der Waals surface area contributed by atoms with Crippen molar-refractivity contribution in [3.05, 3.63) is 0 Å². The molecule has 1 amide bonds. The minimum atomic E-state index is -2.78. The number of hydrogen-bond donors (Lipinski definition) is 2. The Morgan fingerprint density at radius 2 is 2.00 bits per heavy atom. The second-order valence-corrected chi connectivity index (χ2v) is 5.37. The quantitative estimate of drug-likeness (QED) is 0.793. The Morgan fingerprint density at radius 3 is 2.44 bits per heavy atom. The number of nitrogens with one attached hydrogen (secondary N) is 1. The molecular weight excluding hydrogens is 244 g/mol. The third-order valence-corrected chi connectivity index (χ3v) is 3.65. The van der Waals surface area contributed by atoms with E-state index in [1.165, 1.54) is 0 Å². The van der Waals surface area contributed by atoms with Crippen LogP contribution in [0.5, 0.6) is 0 Å². The largest absolute Gasteiger partial charge is 0.480 e. The van der Waals surface area contributed by atoms with Gasteiger partial charge in [0.2, 0.25) is 11.8 Å². The highest BCUT2D eigenvalue weighted by Crippen LogP contribution is 2.39. The third-order valence-electron chi connectivity index (χ3n) is 3.65. The number of aliphatic carboxylic acids is 1. The monoisotopic (exact) mass is 261 g/mol. The minimum Gasteiger partial charge on any atom is -0.480 e. The number of halogens is 2. The Hall–Kier alpha value is -1.20. The highest BCUT2D eigenvalue weighted by atomic mass is 19.3. The zero-order chi connectivity index (χ0) is 13.3. The van der Waals surface area contributed by atoms with E-state index in [0.29, 0.717) is 12.3 Å². The van der Waals surface area contributed by atoms with E-state index in [1.54, 1.807) is 0 Å². The van der Waals surface area contributed by atoms with Gasteiger partial charge in [-0.2, -0.15) is 0 Å². The van der Waals surface area contributed by atoms with Crippen LogP contribution >= 0.6 is 0 Å². The first-order chi connectivity index (χ1) is 8.37. The van der Waals surface area contributed by atoms with Crippen LogP contribution in [0.1, 0.15) is 38.5 Å². The van der Waals surface area contributed by atoms with Gasteiger partial charge >= 0.3 is 5.97 Å². The molecule has 0 aromatic heterocycles. The lowest BCUT2D eigenvalue weighted by atomic mass is 10.1. The van der Waals surface area contributed by atoms with Crippen molar-refractivity contribution in [1.82, 2.24) is 5.32 Å². The Balaban J connectivity index is 1.86. The summed E-state index contributed by atoms with van der Waals surface area (Å²) in [5, 5.41) is 11.4. The molecule has 4 nitrogen and oxygen atoms in total. The zero-order valence-electron chi connectivity index (χ0n) is 9.99. The van der Waals surface area contributed by atoms with Crippen LogP contribution in [-0.2, 0) is 9.59 Å². The van der Waals surface area contributed by atoms with Gasteiger partial charge in [0.05, 0.1) is 0 Å². The average molecular weight is 261 g/mol. The van der Waals surface area contributed by atoms with E-state index in [9.17, 15) is 18.4 Å². The van der Waals surface area contributed by atoms with Crippen LogP contribution in [-0.4, -0.2) is 28.9 Å². The second-order valence-electron chi connectivity index (χ2n) is 5.37. The van der Waals surface area contributed by atoms with Crippen LogP contribution < -0.4 is 5.32 Å². The maximum absolute atomic E-state index is 13.0. The SMILES string of the molecule is O=C(NC(CC1CC1)C(=O)O)C1CCC(F)(F)C1. The van der Waals surface area contributed by atoms with Crippen molar-refractivity contribution < 1.29 is 23.5 Å². The predicted molar refractivity (Wildman–Crippen MR) is 59.2 cm³/mol. The molecule has 2 unspecified atom stereocenters. The summed E-state index contributed by atoms with van der Waals surface area (Å²) in [4.78, 5) is 22.7. The van der Waals surface area contributed by atoms with E-state index in [2.05, 4.69) is 5.32 Å². The molecular formula is C12H17F2NO3. The molecule has 0 aromatic rings. The molecule has 0 aliphatic heterocycles. The fourth-order valence-corrected chi connectivity index (χ4v) is 2.37. The number of amides is 1. The Kier molecular flexibility index (Phi) is 3.54. The van der Waals surface area contributed by atoms with Gasteiger partial charge in [-0.25, -0.2) is 13.6 Å². The average Bonchev–Trinajstić information content (AvgIpc) is 3.00. The highest BCUT2D eigenvalue weighted by molar-refractivity contribution is 5.85. The summed E-state index contributed by atoms with van der Waals surface area (Å²) in [6, 6.07) is -0.931. The number of carbonyl (C=O) groups excluding carboxylic acids is 1.